The summed E-state index contributed by atoms with van der Waals surface area (Å²) in [6.45, 7) is 0.929. The van der Waals surface area contributed by atoms with Crippen molar-refractivity contribution in [2.75, 3.05) is 19.5 Å². The number of methoxy groups -OCH3 is 2. The van der Waals surface area contributed by atoms with Crippen LogP contribution in [-0.2, 0) is 6.54 Å². The smallest absolute Gasteiger partial charge is 0.119 e. The van der Waals surface area contributed by atoms with Crippen LogP contribution in [0.4, 0.5) is 0 Å². The van der Waals surface area contributed by atoms with Crippen LogP contribution in [0.25, 0.3) is 21.8 Å². The second-order valence-corrected chi connectivity index (χ2v) is 5.40. The molecule has 20 heavy (non-hydrogen) atoms. The Bertz CT molecular complexity index is 703. The first kappa shape index (κ1) is 13.3. The Morgan fingerprint density at radius 1 is 0.900 bits per heavy atom. The maximum Gasteiger partial charge on any atom is 0.119 e. The number of hydrogen-bond donors (Lipinski definition) is 0. The molecule has 1 aromatic heterocycles. The van der Waals surface area contributed by atoms with Crippen molar-refractivity contribution in [1.82, 2.24) is 4.57 Å². The summed E-state index contributed by atoms with van der Waals surface area (Å²) in [6.07, 6.45) is 0. The first-order valence-electron chi connectivity index (χ1n) is 6.48. The minimum atomic E-state index is 0.873. The largest absolute Gasteiger partial charge is 0.497 e. The molecule has 4 heteroatoms. The van der Waals surface area contributed by atoms with Gasteiger partial charge in [0, 0.05) is 33.7 Å². The Labute approximate surface area is 126 Å². The summed E-state index contributed by atoms with van der Waals surface area (Å²) >= 11 is 3.53. The molecule has 0 unspecified atom stereocenters. The van der Waals surface area contributed by atoms with Crippen LogP contribution in [0.5, 0.6) is 11.5 Å². The van der Waals surface area contributed by atoms with Crippen LogP contribution in [0, 0.1) is 0 Å². The standard InChI is InChI=1S/C16H16BrNO2/c1-19-11-3-5-15-13(9-11)14-10-12(20-2)4-6-16(14)18(15)8-7-17/h3-6,9-10H,7-8H2,1-2H3. The van der Waals surface area contributed by atoms with Crippen LogP contribution in [0.3, 0.4) is 0 Å². The van der Waals surface area contributed by atoms with Crippen molar-refractivity contribution >= 4 is 37.7 Å². The van der Waals surface area contributed by atoms with Crippen LogP contribution in [0.2, 0.25) is 0 Å². The van der Waals surface area contributed by atoms with Crippen molar-refractivity contribution in [2.24, 2.45) is 0 Å². The van der Waals surface area contributed by atoms with Crippen LogP contribution in [0.15, 0.2) is 36.4 Å². The predicted molar refractivity (Wildman–Crippen MR) is 86.3 cm³/mol. The lowest BCUT2D eigenvalue weighted by molar-refractivity contribution is 0.415. The average Bonchev–Trinajstić information content (AvgIpc) is 2.80. The molecule has 2 aromatic carbocycles. The number of alkyl halides is 1. The van der Waals surface area contributed by atoms with Gasteiger partial charge in [0.05, 0.1) is 14.2 Å². The van der Waals surface area contributed by atoms with Gasteiger partial charge < -0.3 is 14.0 Å². The van der Waals surface area contributed by atoms with E-state index in [4.69, 9.17) is 9.47 Å². The zero-order valence-corrected chi connectivity index (χ0v) is 13.1. The number of aryl methyl sites for hydroxylation is 1. The first-order chi connectivity index (χ1) is 9.78. The molecule has 104 valence electrons. The van der Waals surface area contributed by atoms with Crippen molar-refractivity contribution in [3.05, 3.63) is 36.4 Å². The van der Waals surface area contributed by atoms with E-state index in [1.807, 2.05) is 12.1 Å². The van der Waals surface area contributed by atoms with E-state index in [0.717, 1.165) is 23.4 Å². The van der Waals surface area contributed by atoms with Crippen LogP contribution < -0.4 is 9.47 Å². The number of nitrogens with zero attached hydrogens (tertiary/aromatic N) is 1. The van der Waals surface area contributed by atoms with E-state index in [1.54, 1.807) is 14.2 Å². The third kappa shape index (κ3) is 2.04. The Balaban J connectivity index is 2.39. The molecule has 0 bridgehead atoms. The number of fused-ring (bicyclic) bond motifs is 3. The SMILES string of the molecule is COc1ccc2c(c1)c1cc(OC)ccc1n2CCBr. The zero-order chi connectivity index (χ0) is 14.1. The molecule has 0 saturated carbocycles. The number of benzene rings is 2. The van der Waals surface area contributed by atoms with E-state index in [1.165, 1.54) is 21.8 Å². The van der Waals surface area contributed by atoms with E-state index in [0.29, 0.717) is 0 Å². The lowest BCUT2D eigenvalue weighted by Crippen LogP contribution is -1.98. The van der Waals surface area contributed by atoms with E-state index in [2.05, 4.69) is 44.8 Å². The highest BCUT2D eigenvalue weighted by Crippen LogP contribution is 2.33. The summed E-state index contributed by atoms with van der Waals surface area (Å²) in [4.78, 5) is 0. The van der Waals surface area contributed by atoms with Crippen molar-refractivity contribution in [3.8, 4) is 11.5 Å². The summed E-state index contributed by atoms with van der Waals surface area (Å²) in [5.41, 5.74) is 2.43. The van der Waals surface area contributed by atoms with Crippen molar-refractivity contribution in [1.29, 1.82) is 0 Å². The molecule has 0 N–H and O–H groups in total. The Morgan fingerprint density at radius 2 is 1.40 bits per heavy atom. The van der Waals surface area contributed by atoms with Crippen molar-refractivity contribution in [2.45, 2.75) is 6.54 Å². The Hall–Kier alpha value is -1.68. The maximum atomic E-state index is 5.35. The lowest BCUT2D eigenvalue weighted by atomic mass is 10.1. The highest BCUT2D eigenvalue weighted by molar-refractivity contribution is 9.09. The number of halogens is 1. The predicted octanol–water partition coefficient (Wildman–Crippen LogP) is 4.21. The minimum absolute atomic E-state index is 0.873. The second-order valence-electron chi connectivity index (χ2n) is 4.61. The molecule has 3 nitrogen and oxygen atoms in total. The van der Waals surface area contributed by atoms with Gasteiger partial charge in [0.2, 0.25) is 0 Å². The monoisotopic (exact) mass is 333 g/mol. The van der Waals surface area contributed by atoms with Gasteiger partial charge in [0.25, 0.3) is 0 Å². The molecule has 0 saturated heterocycles. The van der Waals surface area contributed by atoms with E-state index < -0.39 is 0 Å². The molecule has 0 radical (unpaired) electrons. The molecule has 3 aromatic rings. The normalized spacial score (nSPS) is 11.2. The van der Waals surface area contributed by atoms with Crippen molar-refractivity contribution < 1.29 is 9.47 Å². The number of ether oxygens (including phenoxy) is 2. The van der Waals surface area contributed by atoms with Crippen LogP contribution >= 0.6 is 15.9 Å². The summed E-state index contributed by atoms with van der Waals surface area (Å²) in [5.74, 6) is 1.75. The van der Waals surface area contributed by atoms with Gasteiger partial charge in [-0.25, -0.2) is 0 Å². The quantitative estimate of drug-likeness (QED) is 0.668. The van der Waals surface area contributed by atoms with Gasteiger partial charge in [-0.3, -0.25) is 0 Å². The lowest BCUT2D eigenvalue weighted by Gasteiger charge is -2.05. The molecule has 0 aliphatic heterocycles. The first-order valence-corrected chi connectivity index (χ1v) is 7.60. The van der Waals surface area contributed by atoms with Gasteiger partial charge in [-0.15, -0.1) is 0 Å². The fourth-order valence-electron chi connectivity index (χ4n) is 2.64. The molecule has 1 heterocycles. The van der Waals surface area contributed by atoms with Crippen LogP contribution in [0.1, 0.15) is 0 Å². The fourth-order valence-corrected chi connectivity index (χ4v) is 3.00. The van der Waals surface area contributed by atoms with Crippen LogP contribution in [-0.4, -0.2) is 24.1 Å². The highest BCUT2D eigenvalue weighted by Gasteiger charge is 2.11. The number of rotatable bonds is 4. The van der Waals surface area contributed by atoms with Gasteiger partial charge >= 0.3 is 0 Å². The van der Waals surface area contributed by atoms with Gasteiger partial charge in [-0.1, -0.05) is 15.9 Å². The van der Waals surface area contributed by atoms with Gasteiger partial charge in [0.15, 0.2) is 0 Å². The van der Waals surface area contributed by atoms with Gasteiger partial charge in [0.1, 0.15) is 11.5 Å². The zero-order valence-electron chi connectivity index (χ0n) is 11.5. The van der Waals surface area contributed by atoms with Gasteiger partial charge in [-0.2, -0.15) is 0 Å². The summed E-state index contributed by atoms with van der Waals surface area (Å²) in [5, 5.41) is 3.31. The van der Waals surface area contributed by atoms with Crippen molar-refractivity contribution in [3.63, 3.8) is 0 Å². The molecule has 0 spiro atoms. The minimum Gasteiger partial charge on any atom is -0.497 e. The molecule has 0 amide bonds. The Morgan fingerprint density at radius 3 is 1.80 bits per heavy atom. The van der Waals surface area contributed by atoms with E-state index in [-0.39, 0.29) is 0 Å². The maximum absolute atomic E-state index is 5.35. The van der Waals surface area contributed by atoms with E-state index in [9.17, 15) is 0 Å². The highest BCUT2D eigenvalue weighted by atomic mass is 79.9. The van der Waals surface area contributed by atoms with E-state index >= 15 is 0 Å². The molecule has 3 rings (SSSR count). The summed E-state index contributed by atoms with van der Waals surface area (Å²) in [7, 11) is 3.39. The molecule has 0 aliphatic carbocycles. The third-order valence-electron chi connectivity index (χ3n) is 3.59. The fraction of sp³-hybridized carbons (Fsp3) is 0.250. The Kier molecular flexibility index (Phi) is 3.57. The number of aromatic nitrogens is 1. The molecule has 0 atom stereocenters. The molecular formula is C16H16BrNO2. The third-order valence-corrected chi connectivity index (χ3v) is 3.94. The topological polar surface area (TPSA) is 23.4 Å². The second kappa shape index (κ2) is 5.37. The summed E-state index contributed by atoms with van der Waals surface area (Å²) in [6, 6.07) is 12.4. The number of hydrogen-bond acceptors (Lipinski definition) is 2. The molecular weight excluding hydrogens is 318 g/mol. The summed E-state index contributed by atoms with van der Waals surface area (Å²) < 4.78 is 13.0. The molecule has 0 aliphatic rings. The van der Waals surface area contributed by atoms with Gasteiger partial charge in [-0.05, 0) is 36.4 Å². The average molecular weight is 334 g/mol. The molecule has 0 fully saturated rings.